The maximum atomic E-state index is 12.6. The van der Waals surface area contributed by atoms with Crippen LogP contribution in [0.2, 0.25) is 0 Å². The second-order valence-electron chi connectivity index (χ2n) is 6.70. The number of nitrogens with one attached hydrogen (secondary N) is 1. The van der Waals surface area contributed by atoms with Crippen LogP contribution < -0.4 is 5.43 Å². The third kappa shape index (κ3) is 3.28. The van der Waals surface area contributed by atoms with Crippen molar-refractivity contribution in [3.63, 3.8) is 0 Å². The van der Waals surface area contributed by atoms with Crippen LogP contribution in [0.5, 0.6) is 0 Å². The van der Waals surface area contributed by atoms with E-state index in [1.807, 2.05) is 54.6 Å². The lowest BCUT2D eigenvalue weighted by Gasteiger charge is -2.34. The summed E-state index contributed by atoms with van der Waals surface area (Å²) < 4.78 is 1.66. The average Bonchev–Trinajstić information content (AvgIpc) is 3.11. The van der Waals surface area contributed by atoms with Crippen molar-refractivity contribution < 1.29 is 9.90 Å². The topological polar surface area (TPSA) is 70.4 Å². The number of aromatic nitrogens is 2. The number of likely N-dealkylation sites (tertiary alicyclic amines) is 1. The lowest BCUT2D eigenvalue weighted by molar-refractivity contribution is 0.0680. The molecule has 26 heavy (non-hydrogen) atoms. The third-order valence-electron chi connectivity index (χ3n) is 5.08. The van der Waals surface area contributed by atoms with Crippen molar-refractivity contribution in [1.29, 1.82) is 0 Å². The summed E-state index contributed by atoms with van der Waals surface area (Å²) in [5, 5.41) is 10.6. The minimum absolute atomic E-state index is 0.138. The Balaban J connectivity index is 1.36. The largest absolute Gasteiger partial charge is 0.388 e. The summed E-state index contributed by atoms with van der Waals surface area (Å²) >= 11 is 0. The molecule has 3 aromatic rings. The van der Waals surface area contributed by atoms with E-state index in [2.05, 4.69) is 10.4 Å². The zero-order chi connectivity index (χ0) is 17.9. The molecule has 134 valence electrons. The predicted molar refractivity (Wildman–Crippen MR) is 100 cm³/mol. The first-order valence-corrected chi connectivity index (χ1v) is 8.93. The molecule has 1 atom stereocenters. The van der Waals surface area contributed by atoms with Crippen LogP contribution in [0.15, 0.2) is 60.9 Å². The van der Waals surface area contributed by atoms with E-state index in [0.717, 1.165) is 29.4 Å². The molecule has 1 aliphatic heterocycles. The van der Waals surface area contributed by atoms with Crippen molar-refractivity contribution in [2.45, 2.75) is 18.9 Å². The molecular formula is C20H22N4O2. The monoisotopic (exact) mass is 350 g/mol. The van der Waals surface area contributed by atoms with Gasteiger partial charge in [-0.3, -0.25) is 0 Å². The average molecular weight is 350 g/mol. The Morgan fingerprint density at radius 3 is 2.54 bits per heavy atom. The fourth-order valence-electron chi connectivity index (χ4n) is 3.56. The van der Waals surface area contributed by atoms with Crippen molar-refractivity contribution >= 4 is 17.1 Å². The van der Waals surface area contributed by atoms with E-state index in [4.69, 9.17) is 0 Å². The summed E-state index contributed by atoms with van der Waals surface area (Å²) in [4.78, 5) is 18.6. The number of amides is 2. The molecule has 6 nitrogen and oxygen atoms in total. The number of urea groups is 1. The van der Waals surface area contributed by atoms with Gasteiger partial charge in [-0.1, -0.05) is 42.5 Å². The fraction of sp³-hybridized carbons (Fsp3) is 0.300. The molecule has 0 saturated carbocycles. The van der Waals surface area contributed by atoms with Crippen LogP contribution in [0.1, 0.15) is 24.5 Å². The second kappa shape index (κ2) is 7.17. The highest BCUT2D eigenvalue weighted by molar-refractivity contribution is 5.85. The zero-order valence-electron chi connectivity index (χ0n) is 14.5. The molecule has 1 aliphatic rings. The van der Waals surface area contributed by atoms with Crippen molar-refractivity contribution in [2.75, 3.05) is 18.5 Å². The summed E-state index contributed by atoms with van der Waals surface area (Å²) in [6.45, 7) is 1.26. The molecule has 1 aromatic heterocycles. The van der Waals surface area contributed by atoms with Gasteiger partial charge in [0.1, 0.15) is 6.33 Å². The van der Waals surface area contributed by atoms with E-state index in [9.17, 15) is 9.90 Å². The lowest BCUT2D eigenvalue weighted by atomic mass is 9.87. The molecular weight excluding hydrogens is 328 g/mol. The lowest BCUT2D eigenvalue weighted by Crippen LogP contribution is -2.44. The van der Waals surface area contributed by atoms with Gasteiger partial charge >= 0.3 is 6.03 Å². The molecule has 0 bridgehead atoms. The quantitative estimate of drug-likeness (QED) is 0.762. The molecule has 0 aliphatic carbocycles. The number of piperidine rings is 1. The highest BCUT2D eigenvalue weighted by atomic mass is 16.3. The van der Waals surface area contributed by atoms with Gasteiger partial charge in [-0.25, -0.2) is 19.9 Å². The first kappa shape index (κ1) is 16.6. The molecule has 6 heteroatoms. The van der Waals surface area contributed by atoms with Crippen LogP contribution in [0.3, 0.4) is 0 Å². The van der Waals surface area contributed by atoms with E-state index >= 15 is 0 Å². The Morgan fingerprint density at radius 1 is 1.08 bits per heavy atom. The Labute approximate surface area is 152 Å². The summed E-state index contributed by atoms with van der Waals surface area (Å²) in [6.07, 6.45) is 2.72. The maximum Gasteiger partial charge on any atom is 0.336 e. The smallest absolute Gasteiger partial charge is 0.336 e. The van der Waals surface area contributed by atoms with Crippen LogP contribution >= 0.6 is 0 Å². The molecule has 4 rings (SSSR count). The highest BCUT2D eigenvalue weighted by Crippen LogP contribution is 2.30. The predicted octanol–water partition coefficient (Wildman–Crippen LogP) is 3.15. The number of benzene rings is 2. The Kier molecular flexibility index (Phi) is 4.58. The molecule has 2 N–H and O–H groups in total. The van der Waals surface area contributed by atoms with Gasteiger partial charge in [-0.2, -0.15) is 0 Å². The number of para-hydroxylation sites is 2. The number of nitrogens with zero attached hydrogens (tertiary/aromatic N) is 3. The first-order chi connectivity index (χ1) is 12.7. The molecule has 0 radical (unpaired) electrons. The second-order valence-corrected chi connectivity index (χ2v) is 6.70. The third-order valence-corrected chi connectivity index (χ3v) is 5.08. The number of imidazole rings is 1. The number of aliphatic hydroxyl groups excluding tert-OH is 1. The summed E-state index contributed by atoms with van der Waals surface area (Å²) in [6, 6.07) is 17.3. The van der Waals surface area contributed by atoms with E-state index in [-0.39, 0.29) is 11.9 Å². The molecule has 0 spiro atoms. The van der Waals surface area contributed by atoms with Gasteiger partial charge in [0.05, 0.1) is 17.1 Å². The molecule has 2 amide bonds. The van der Waals surface area contributed by atoms with Crippen LogP contribution in [-0.2, 0) is 0 Å². The Hall–Kier alpha value is -2.86. The number of fused-ring (bicyclic) bond motifs is 1. The van der Waals surface area contributed by atoms with Gasteiger partial charge < -0.3 is 10.0 Å². The maximum absolute atomic E-state index is 12.6. The van der Waals surface area contributed by atoms with Crippen molar-refractivity contribution in [2.24, 2.45) is 5.92 Å². The normalized spacial score (nSPS) is 16.6. The number of hydrogen-bond acceptors (Lipinski definition) is 3. The van der Waals surface area contributed by atoms with Crippen molar-refractivity contribution in [3.8, 4) is 0 Å². The van der Waals surface area contributed by atoms with Crippen LogP contribution in [-0.4, -0.2) is 38.8 Å². The number of carbonyl (C=O) groups is 1. The van der Waals surface area contributed by atoms with E-state index in [0.29, 0.717) is 13.1 Å². The summed E-state index contributed by atoms with van der Waals surface area (Å²) in [5.41, 5.74) is 5.55. The number of hydrogen-bond donors (Lipinski definition) is 2. The number of aliphatic hydroxyl groups is 1. The van der Waals surface area contributed by atoms with Gasteiger partial charge in [0.15, 0.2) is 0 Å². The van der Waals surface area contributed by atoms with Gasteiger partial charge in [0.2, 0.25) is 0 Å². The van der Waals surface area contributed by atoms with E-state index < -0.39 is 6.10 Å². The summed E-state index contributed by atoms with van der Waals surface area (Å²) in [7, 11) is 0. The van der Waals surface area contributed by atoms with Gasteiger partial charge in [0.25, 0.3) is 0 Å². The van der Waals surface area contributed by atoms with Crippen LogP contribution in [0.25, 0.3) is 11.0 Å². The standard InChI is InChI=1S/C20H22N4O2/c25-19(15-6-2-1-3-7-15)16-10-12-23(13-11-16)20(26)22-24-14-21-17-8-4-5-9-18(17)24/h1-9,14,16,19,25H,10-13H2,(H,22,26)/t19-/m0/s1. The van der Waals surface area contributed by atoms with E-state index in [1.165, 1.54) is 0 Å². The van der Waals surface area contributed by atoms with E-state index in [1.54, 1.807) is 15.9 Å². The zero-order valence-corrected chi connectivity index (χ0v) is 14.5. The molecule has 1 saturated heterocycles. The minimum Gasteiger partial charge on any atom is -0.388 e. The van der Waals surface area contributed by atoms with Crippen LogP contribution in [0, 0.1) is 5.92 Å². The van der Waals surface area contributed by atoms with Crippen molar-refractivity contribution in [3.05, 3.63) is 66.5 Å². The molecule has 1 fully saturated rings. The van der Waals surface area contributed by atoms with Crippen molar-refractivity contribution in [1.82, 2.24) is 14.6 Å². The first-order valence-electron chi connectivity index (χ1n) is 8.93. The highest BCUT2D eigenvalue weighted by Gasteiger charge is 2.28. The Bertz CT molecular complexity index is 885. The number of carbonyl (C=O) groups excluding carboxylic acids is 1. The molecule has 0 unspecified atom stereocenters. The fourth-order valence-corrected chi connectivity index (χ4v) is 3.56. The van der Waals surface area contributed by atoms with Gasteiger partial charge in [-0.05, 0) is 36.5 Å². The molecule has 2 heterocycles. The van der Waals surface area contributed by atoms with Gasteiger partial charge in [0, 0.05) is 13.1 Å². The Morgan fingerprint density at radius 2 is 1.77 bits per heavy atom. The minimum atomic E-state index is -0.473. The summed E-state index contributed by atoms with van der Waals surface area (Å²) in [5.74, 6) is 0.176. The molecule has 2 aromatic carbocycles. The number of rotatable bonds is 3. The van der Waals surface area contributed by atoms with Gasteiger partial charge in [-0.15, -0.1) is 0 Å². The van der Waals surface area contributed by atoms with Crippen LogP contribution in [0.4, 0.5) is 4.79 Å². The SMILES string of the molecule is O=C(Nn1cnc2ccccc21)N1CCC([C@@H](O)c2ccccc2)CC1.